The third kappa shape index (κ3) is 8.00. The van der Waals surface area contributed by atoms with Gasteiger partial charge in [-0.25, -0.2) is 4.39 Å². The van der Waals surface area contributed by atoms with Crippen LogP contribution in [0.15, 0.2) is 33.8 Å². The van der Waals surface area contributed by atoms with Gasteiger partial charge in [0.25, 0.3) is 11.8 Å². The van der Waals surface area contributed by atoms with Crippen molar-refractivity contribution in [3.05, 3.63) is 45.2 Å². The number of carboxylic acids is 1. The Hall–Kier alpha value is -2.62. The molecule has 8 nitrogen and oxygen atoms in total. The fraction of sp³-hybridized carbons (Fsp3) is 0.435. The van der Waals surface area contributed by atoms with E-state index in [1.807, 2.05) is 0 Å². The van der Waals surface area contributed by atoms with E-state index in [4.69, 9.17) is 28.0 Å². The minimum atomic E-state index is -1.41. The number of rotatable bonds is 5. The van der Waals surface area contributed by atoms with Gasteiger partial charge in [-0.3, -0.25) is 9.59 Å². The molecule has 2 amide bonds. The first-order chi connectivity index (χ1) is 15.8. The van der Waals surface area contributed by atoms with E-state index >= 15 is 0 Å². The lowest BCUT2D eigenvalue weighted by atomic mass is 9.90. The molecule has 186 valence electrons. The van der Waals surface area contributed by atoms with Gasteiger partial charge < -0.3 is 24.5 Å². The smallest absolute Gasteiger partial charge is 0.260 e. The number of benzene rings is 1. The molecular weight excluding hydrogens is 488 g/mol. The van der Waals surface area contributed by atoms with Crippen molar-refractivity contribution in [3.63, 3.8) is 0 Å². The third-order valence-corrected chi connectivity index (χ3v) is 5.11. The van der Waals surface area contributed by atoms with Gasteiger partial charge in [0.05, 0.1) is 45.8 Å². The van der Waals surface area contributed by atoms with Crippen LogP contribution in [-0.2, 0) is 14.4 Å². The lowest BCUT2D eigenvalue weighted by molar-refractivity contribution is -0.849. The number of quaternary nitrogens is 1. The Morgan fingerprint density at radius 1 is 1.21 bits per heavy atom. The van der Waals surface area contributed by atoms with Crippen LogP contribution in [0.5, 0.6) is 5.75 Å². The van der Waals surface area contributed by atoms with Gasteiger partial charge in [-0.05, 0) is 43.7 Å². The Bertz CT molecular complexity index is 1020. The summed E-state index contributed by atoms with van der Waals surface area (Å²) < 4.78 is 15.5. The molecule has 1 aromatic rings. The molecule has 2 aliphatic rings. The van der Waals surface area contributed by atoms with Gasteiger partial charge in [0.1, 0.15) is 4.49 Å². The summed E-state index contributed by atoms with van der Waals surface area (Å²) >= 11 is 11.2. The molecule has 11 heteroatoms. The zero-order chi connectivity index (χ0) is 25.6. The Morgan fingerprint density at radius 2 is 1.79 bits per heavy atom. The summed E-state index contributed by atoms with van der Waals surface area (Å²) in [5, 5.41) is 13.7. The average Bonchev–Trinajstić information content (AvgIpc) is 2.72. The monoisotopic (exact) mass is 515 g/mol. The Labute approximate surface area is 207 Å². The first kappa shape index (κ1) is 27.6. The highest BCUT2D eigenvalue weighted by Crippen LogP contribution is 2.37. The number of halogens is 3. The topological polar surface area (TPSA) is 108 Å². The molecule has 1 heterocycles. The molecule has 3 rings (SSSR count). The zero-order valence-electron chi connectivity index (χ0n) is 19.5. The predicted octanol–water partition coefficient (Wildman–Crippen LogP) is 2.92. The van der Waals surface area contributed by atoms with Gasteiger partial charge in [0.2, 0.25) is 0 Å². The first-order valence-corrected chi connectivity index (χ1v) is 11.4. The van der Waals surface area contributed by atoms with E-state index in [-0.39, 0.29) is 46.3 Å². The van der Waals surface area contributed by atoms with Crippen LogP contribution < -0.4 is 20.7 Å². The van der Waals surface area contributed by atoms with Crippen LogP contribution in [0.1, 0.15) is 43.6 Å². The van der Waals surface area contributed by atoms with Crippen LogP contribution in [0, 0.1) is 5.82 Å². The number of hydrogen-bond donors (Lipinski definition) is 2. The second-order valence-electron chi connectivity index (χ2n) is 9.31. The van der Waals surface area contributed by atoms with Crippen molar-refractivity contribution in [2.24, 2.45) is 0 Å². The molecule has 1 aromatic carbocycles. The van der Waals surface area contributed by atoms with Crippen LogP contribution in [0.4, 0.5) is 10.1 Å². The number of hydroxylamine groups is 1. The predicted molar refractivity (Wildman–Crippen MR) is 125 cm³/mol. The molecule has 1 aliphatic heterocycles. The largest absolute Gasteiger partial charge is 0.545 e. The summed E-state index contributed by atoms with van der Waals surface area (Å²) in [6, 6.07) is 2.31. The van der Waals surface area contributed by atoms with Crippen LogP contribution in [0.3, 0.4) is 0 Å². The molecule has 1 aliphatic carbocycles. The fourth-order valence-corrected chi connectivity index (χ4v) is 3.54. The molecule has 0 radical (unpaired) electrons. The maximum Gasteiger partial charge on any atom is 0.260 e. The zero-order valence-corrected chi connectivity index (χ0v) is 21.0. The molecule has 0 fully saturated rings. The SMILES string of the molecule is C[N+](C)(C)C.O=C([O-])C1=C(C(=O)Nc2cc3c(cc2F)ONC(=O)C3CC=C(Cl)Cl)CCCC1. The standard InChI is InChI=1S/C19H17Cl2FN2O5.C4H12N/c20-16(21)6-5-10-12-7-14(13(22)8-15(12)29-24-18(10)26)23-17(25)9-3-1-2-4-11(9)19(27)28;1-5(2,3)4/h6-8,10H,1-5H2,(H,23,25)(H,24,26)(H,27,28);1-4H3/q;+1/p-1. The van der Waals surface area contributed by atoms with Crippen molar-refractivity contribution in [1.29, 1.82) is 0 Å². The molecule has 1 atom stereocenters. The van der Waals surface area contributed by atoms with Gasteiger partial charge in [-0.15, -0.1) is 0 Å². The maximum absolute atomic E-state index is 14.5. The molecule has 0 saturated carbocycles. The second-order valence-corrected chi connectivity index (χ2v) is 10.3. The summed E-state index contributed by atoms with van der Waals surface area (Å²) in [6.07, 6.45) is 3.31. The van der Waals surface area contributed by atoms with Gasteiger partial charge in [0.15, 0.2) is 11.6 Å². The summed E-state index contributed by atoms with van der Waals surface area (Å²) in [7, 11) is 8.50. The minimum absolute atomic E-state index is 0.0273. The first-order valence-electron chi connectivity index (χ1n) is 10.6. The minimum Gasteiger partial charge on any atom is -0.545 e. The normalized spacial score (nSPS) is 17.4. The molecular formula is C23H28Cl2FN3O5. The number of carboxylic acid groups (broad SMARTS) is 1. The van der Waals surface area contributed by atoms with Crippen LogP contribution in [0.2, 0.25) is 0 Å². The van der Waals surface area contributed by atoms with Crippen molar-refractivity contribution >= 4 is 46.7 Å². The van der Waals surface area contributed by atoms with Crippen LogP contribution in [0.25, 0.3) is 0 Å². The highest BCUT2D eigenvalue weighted by molar-refractivity contribution is 6.55. The van der Waals surface area contributed by atoms with Crippen molar-refractivity contribution in [3.8, 4) is 5.75 Å². The fourth-order valence-electron chi connectivity index (χ4n) is 3.37. The number of carbonyl (C=O) groups excluding carboxylic acids is 3. The average molecular weight is 516 g/mol. The Kier molecular flexibility index (Phi) is 9.49. The summed E-state index contributed by atoms with van der Waals surface area (Å²) in [5.74, 6) is -4.10. The molecule has 0 spiro atoms. The number of allylic oxidation sites excluding steroid dienone is 1. The van der Waals surface area contributed by atoms with E-state index in [1.165, 1.54) is 12.1 Å². The van der Waals surface area contributed by atoms with Gasteiger partial charge >= 0.3 is 0 Å². The van der Waals surface area contributed by atoms with E-state index in [9.17, 15) is 23.9 Å². The molecule has 1 unspecified atom stereocenters. The molecule has 34 heavy (non-hydrogen) atoms. The van der Waals surface area contributed by atoms with Crippen molar-refractivity contribution in [1.82, 2.24) is 5.48 Å². The van der Waals surface area contributed by atoms with Crippen molar-refractivity contribution in [2.75, 3.05) is 33.5 Å². The molecule has 2 N–H and O–H groups in total. The van der Waals surface area contributed by atoms with Gasteiger partial charge in [-0.2, -0.15) is 5.48 Å². The molecule has 0 aromatic heterocycles. The molecule has 0 bridgehead atoms. The van der Waals surface area contributed by atoms with Crippen molar-refractivity contribution in [2.45, 2.75) is 38.0 Å². The number of aliphatic carboxylic acids is 1. The van der Waals surface area contributed by atoms with Crippen LogP contribution >= 0.6 is 23.2 Å². The number of hydrogen-bond acceptors (Lipinski definition) is 5. The van der Waals surface area contributed by atoms with Crippen LogP contribution in [-0.4, -0.2) is 50.5 Å². The Balaban J connectivity index is 0.000000739. The highest BCUT2D eigenvalue weighted by atomic mass is 35.5. The van der Waals surface area contributed by atoms with E-state index in [0.29, 0.717) is 18.4 Å². The number of fused-ring (bicyclic) bond motifs is 1. The number of amides is 2. The molecule has 0 saturated heterocycles. The number of carbonyl (C=O) groups is 3. The highest BCUT2D eigenvalue weighted by Gasteiger charge is 2.31. The Morgan fingerprint density at radius 3 is 2.35 bits per heavy atom. The van der Waals surface area contributed by atoms with E-state index in [2.05, 4.69) is 39.0 Å². The van der Waals surface area contributed by atoms with E-state index in [0.717, 1.165) is 10.5 Å². The lowest BCUT2D eigenvalue weighted by Gasteiger charge is -2.25. The second kappa shape index (κ2) is 11.7. The summed E-state index contributed by atoms with van der Waals surface area (Å²) in [6.45, 7) is 0. The third-order valence-electron chi connectivity index (χ3n) is 4.80. The summed E-state index contributed by atoms with van der Waals surface area (Å²) in [5.41, 5.74) is 2.30. The maximum atomic E-state index is 14.5. The number of anilines is 1. The lowest BCUT2D eigenvalue weighted by Crippen LogP contribution is -2.37. The quantitative estimate of drug-likeness (QED) is 0.586. The van der Waals surface area contributed by atoms with Crippen molar-refractivity contribution < 1.29 is 33.2 Å². The summed E-state index contributed by atoms with van der Waals surface area (Å²) in [4.78, 5) is 41.0. The van der Waals surface area contributed by atoms with Gasteiger partial charge in [0, 0.05) is 17.2 Å². The van der Waals surface area contributed by atoms with E-state index < -0.39 is 29.5 Å². The number of nitrogens with zero attached hydrogens (tertiary/aromatic N) is 1. The van der Waals surface area contributed by atoms with E-state index in [1.54, 1.807) is 0 Å². The van der Waals surface area contributed by atoms with Gasteiger partial charge in [-0.1, -0.05) is 29.3 Å². The number of nitrogens with one attached hydrogen (secondary N) is 2.